The molecule has 0 bridgehead atoms. The first kappa shape index (κ1) is 12.7. The highest BCUT2D eigenvalue weighted by Crippen LogP contribution is 2.24. The van der Waals surface area contributed by atoms with Crippen molar-refractivity contribution in [3.05, 3.63) is 34.0 Å². The lowest BCUT2D eigenvalue weighted by Gasteiger charge is -2.08. The Kier molecular flexibility index (Phi) is 3.17. The molecule has 2 aromatic heterocycles. The maximum Gasteiger partial charge on any atom is 0.328 e. The third kappa shape index (κ3) is 1.80. The molecule has 0 aromatic carbocycles. The zero-order valence-corrected chi connectivity index (χ0v) is 11.3. The van der Waals surface area contributed by atoms with Gasteiger partial charge in [0.05, 0.1) is 17.6 Å². The highest BCUT2D eigenvalue weighted by molar-refractivity contribution is 6.30. The van der Waals surface area contributed by atoms with Gasteiger partial charge in [-0.25, -0.2) is 9.78 Å². The van der Waals surface area contributed by atoms with Gasteiger partial charge in [-0.05, 0) is 6.92 Å². The van der Waals surface area contributed by atoms with Crippen molar-refractivity contribution in [3.63, 3.8) is 0 Å². The van der Waals surface area contributed by atoms with E-state index in [1.165, 1.54) is 9.13 Å². The molecule has 0 saturated carbocycles. The maximum atomic E-state index is 11.9. The summed E-state index contributed by atoms with van der Waals surface area (Å²) in [6.45, 7) is 6.16. The fourth-order valence-corrected chi connectivity index (χ4v) is 2.13. The van der Waals surface area contributed by atoms with Crippen LogP contribution in [0.2, 0.25) is 5.15 Å². The minimum absolute atomic E-state index is 0.139. The number of rotatable bonds is 3. The van der Waals surface area contributed by atoms with E-state index in [-0.39, 0.29) is 5.69 Å². The minimum atomic E-state index is -0.139. The summed E-state index contributed by atoms with van der Waals surface area (Å²) < 4.78 is 8.39. The van der Waals surface area contributed by atoms with Crippen LogP contribution in [-0.2, 0) is 18.8 Å². The Bertz CT molecular complexity index is 685. The maximum absolute atomic E-state index is 11.9. The normalized spacial score (nSPS) is 10.9. The van der Waals surface area contributed by atoms with Crippen molar-refractivity contribution in [1.29, 1.82) is 0 Å². The second-order valence-electron chi connectivity index (χ2n) is 3.92. The molecule has 0 N–H and O–H groups in total. The molecule has 0 unspecified atom stereocenters. The van der Waals surface area contributed by atoms with Gasteiger partial charge in [0.2, 0.25) is 0 Å². The lowest BCUT2D eigenvalue weighted by Crippen LogP contribution is -2.19. The van der Waals surface area contributed by atoms with Crippen LogP contribution in [0.3, 0.4) is 0 Å². The van der Waals surface area contributed by atoms with Gasteiger partial charge >= 0.3 is 5.69 Å². The number of hydrogen-bond acceptors (Lipinski definition) is 3. The summed E-state index contributed by atoms with van der Waals surface area (Å²) in [5.74, 6) is 0.409. The number of imidazole rings is 1. The molecule has 0 aliphatic carbocycles. The quantitative estimate of drug-likeness (QED) is 0.631. The summed E-state index contributed by atoms with van der Waals surface area (Å²) >= 11 is 5.97. The Morgan fingerprint density at radius 1 is 1.50 bits per heavy atom. The van der Waals surface area contributed by atoms with Crippen molar-refractivity contribution in [2.75, 3.05) is 6.61 Å². The topological polar surface area (TPSA) is 49.1 Å². The average Bonchev–Trinajstić information content (AvgIpc) is 2.54. The molecule has 2 rings (SSSR count). The van der Waals surface area contributed by atoms with E-state index in [1.54, 1.807) is 20.2 Å². The summed E-state index contributed by atoms with van der Waals surface area (Å²) in [5, 5.41) is 0.305. The number of ether oxygens (including phenoxy) is 1. The highest BCUT2D eigenvalue weighted by atomic mass is 35.5. The lowest BCUT2D eigenvalue weighted by atomic mass is 10.2. The van der Waals surface area contributed by atoms with E-state index < -0.39 is 0 Å². The van der Waals surface area contributed by atoms with Gasteiger partial charge in [-0.3, -0.25) is 9.13 Å². The molecule has 0 aliphatic heterocycles. The molecule has 5 nitrogen and oxygen atoms in total. The Hall–Kier alpha value is -1.75. The summed E-state index contributed by atoms with van der Waals surface area (Å²) in [6, 6.07) is 1.65. The Balaban J connectivity index is 2.85. The molecule has 0 amide bonds. The van der Waals surface area contributed by atoms with Gasteiger partial charge in [-0.1, -0.05) is 18.2 Å². The van der Waals surface area contributed by atoms with Crippen molar-refractivity contribution >= 4 is 28.4 Å². The van der Waals surface area contributed by atoms with Crippen LogP contribution in [0.15, 0.2) is 17.4 Å². The molecule has 96 valence electrons. The summed E-state index contributed by atoms with van der Waals surface area (Å²) in [4.78, 5) is 16.1. The zero-order valence-electron chi connectivity index (χ0n) is 10.5. The number of hydrogen-bond donors (Lipinski definition) is 0. The Labute approximate surface area is 109 Å². The highest BCUT2D eigenvalue weighted by Gasteiger charge is 2.17. The molecule has 0 atom stereocenters. The average molecular weight is 268 g/mol. The first-order chi connectivity index (χ1) is 8.47. The van der Waals surface area contributed by atoms with E-state index in [0.717, 1.165) is 0 Å². The van der Waals surface area contributed by atoms with Crippen LogP contribution in [0.5, 0.6) is 0 Å². The van der Waals surface area contributed by atoms with Crippen LogP contribution >= 0.6 is 11.6 Å². The van der Waals surface area contributed by atoms with Gasteiger partial charge in [0.15, 0.2) is 0 Å². The predicted octanol–water partition coefficient (Wildman–Crippen LogP) is 1.93. The summed E-state index contributed by atoms with van der Waals surface area (Å²) in [5.41, 5.74) is 1.74. The fraction of sp³-hybridized carbons (Fsp3) is 0.333. The molecule has 18 heavy (non-hydrogen) atoms. The minimum Gasteiger partial charge on any atom is -0.492 e. The van der Waals surface area contributed by atoms with Crippen LogP contribution in [0, 0.1) is 0 Å². The van der Waals surface area contributed by atoms with E-state index >= 15 is 0 Å². The van der Waals surface area contributed by atoms with E-state index in [2.05, 4.69) is 11.6 Å². The molecule has 0 radical (unpaired) electrons. The van der Waals surface area contributed by atoms with Crippen LogP contribution in [0.1, 0.15) is 12.6 Å². The number of fused-ring (bicyclic) bond motifs is 1. The van der Waals surface area contributed by atoms with Crippen molar-refractivity contribution in [2.24, 2.45) is 14.1 Å². The van der Waals surface area contributed by atoms with E-state index in [0.29, 0.717) is 34.2 Å². The molecule has 2 aromatic rings. The molecule has 0 fully saturated rings. The molecule has 0 spiro atoms. The van der Waals surface area contributed by atoms with Gasteiger partial charge in [-0.15, -0.1) is 0 Å². The largest absolute Gasteiger partial charge is 0.492 e. The van der Waals surface area contributed by atoms with Crippen molar-refractivity contribution in [3.8, 4) is 0 Å². The van der Waals surface area contributed by atoms with Crippen molar-refractivity contribution < 1.29 is 4.74 Å². The third-order valence-electron chi connectivity index (χ3n) is 2.79. The van der Waals surface area contributed by atoms with Crippen LogP contribution in [0.4, 0.5) is 0 Å². The predicted molar refractivity (Wildman–Crippen MR) is 71.6 cm³/mol. The molecule has 2 heterocycles. The monoisotopic (exact) mass is 267 g/mol. The Morgan fingerprint density at radius 3 is 2.78 bits per heavy atom. The molecule has 0 aliphatic rings. The number of aryl methyl sites for hydroxylation is 2. The number of nitrogens with zero attached hydrogens (tertiary/aromatic N) is 3. The summed E-state index contributed by atoms with van der Waals surface area (Å²) in [6.07, 6.45) is 0. The van der Waals surface area contributed by atoms with Crippen LogP contribution in [-0.4, -0.2) is 20.7 Å². The summed E-state index contributed by atoms with van der Waals surface area (Å²) in [7, 11) is 3.37. The van der Waals surface area contributed by atoms with Crippen LogP contribution in [0.25, 0.3) is 16.8 Å². The van der Waals surface area contributed by atoms with Gasteiger partial charge in [0, 0.05) is 20.2 Å². The third-order valence-corrected chi connectivity index (χ3v) is 2.99. The Morgan fingerprint density at radius 2 is 2.17 bits per heavy atom. The molecular weight excluding hydrogens is 254 g/mol. The van der Waals surface area contributed by atoms with Gasteiger partial charge < -0.3 is 4.74 Å². The second kappa shape index (κ2) is 4.49. The van der Waals surface area contributed by atoms with E-state index in [4.69, 9.17) is 16.3 Å². The van der Waals surface area contributed by atoms with Gasteiger partial charge in [0.1, 0.15) is 16.6 Å². The van der Waals surface area contributed by atoms with Gasteiger partial charge in [-0.2, -0.15) is 0 Å². The van der Waals surface area contributed by atoms with Gasteiger partial charge in [0.25, 0.3) is 0 Å². The van der Waals surface area contributed by atoms with Crippen molar-refractivity contribution in [2.45, 2.75) is 6.92 Å². The standard InChI is InChI=1S/C12H14ClN3O2/c1-5-18-7(2)10-11-8(6-9(13)14-10)15(3)12(17)16(11)4/h6H,2,5H2,1,3-4H3. The van der Waals surface area contributed by atoms with Crippen LogP contribution < -0.4 is 5.69 Å². The fourth-order valence-electron chi connectivity index (χ4n) is 1.94. The molecular formula is C12H14ClN3O2. The number of pyridine rings is 1. The lowest BCUT2D eigenvalue weighted by molar-refractivity contribution is 0.298. The SMILES string of the molecule is C=C(OCC)c1nc(Cl)cc2c1n(C)c(=O)n2C. The van der Waals surface area contributed by atoms with E-state index in [1.807, 2.05) is 6.92 Å². The van der Waals surface area contributed by atoms with Crippen molar-refractivity contribution in [1.82, 2.24) is 14.1 Å². The van der Waals surface area contributed by atoms with E-state index in [9.17, 15) is 4.79 Å². The second-order valence-corrected chi connectivity index (χ2v) is 4.31. The zero-order chi connectivity index (χ0) is 13.4. The number of aromatic nitrogens is 3. The molecule has 0 saturated heterocycles. The first-order valence-electron chi connectivity index (χ1n) is 5.51. The number of halogens is 1. The first-order valence-corrected chi connectivity index (χ1v) is 5.89. The smallest absolute Gasteiger partial charge is 0.328 e. The molecule has 6 heteroatoms.